The Kier molecular flexibility index (Phi) is 14.8. The molecule has 0 rings (SSSR count). The molecule has 0 heterocycles. The predicted octanol–water partition coefficient (Wildman–Crippen LogP) is -2.89. The fourth-order valence-electron chi connectivity index (χ4n) is 2.53. The molecule has 5 unspecified atom stereocenters. The zero-order chi connectivity index (χ0) is 24.0. The molecule has 0 fully saturated rings. The molecule has 0 saturated heterocycles. The first-order valence-electron chi connectivity index (χ1n) is 9.96. The second-order valence-corrected chi connectivity index (χ2v) is 8.03. The summed E-state index contributed by atoms with van der Waals surface area (Å²) in [5.41, 5.74) is 11.3. The van der Waals surface area contributed by atoms with E-state index in [4.69, 9.17) is 21.7 Å². The highest BCUT2D eigenvalue weighted by Gasteiger charge is 2.32. The number of nitrogens with one attached hydrogen (secondary N) is 3. The van der Waals surface area contributed by atoms with E-state index in [1.165, 1.54) is 18.7 Å². The van der Waals surface area contributed by atoms with Gasteiger partial charge in [-0.15, -0.1) is 0 Å². The largest absolute Gasteiger partial charge is 0.480 e. The number of thioether (sulfide) groups is 1. The maximum atomic E-state index is 12.7. The molecule has 0 saturated carbocycles. The fourth-order valence-corrected chi connectivity index (χ4v) is 3.00. The van der Waals surface area contributed by atoms with E-state index in [9.17, 15) is 24.3 Å². The second-order valence-electron chi connectivity index (χ2n) is 7.04. The number of aliphatic carboxylic acids is 1. The van der Waals surface area contributed by atoms with Crippen LogP contribution in [0.15, 0.2) is 0 Å². The Morgan fingerprint density at radius 3 is 2.06 bits per heavy atom. The lowest BCUT2D eigenvalue weighted by molar-refractivity contribution is -0.144. The molecule has 31 heavy (non-hydrogen) atoms. The van der Waals surface area contributed by atoms with E-state index in [0.29, 0.717) is 31.6 Å². The number of hydrogen-bond donors (Lipinski definition) is 8. The van der Waals surface area contributed by atoms with E-state index in [2.05, 4.69) is 10.6 Å². The minimum absolute atomic E-state index is 0.247. The van der Waals surface area contributed by atoms with Crippen LogP contribution in [0.2, 0.25) is 0 Å². The van der Waals surface area contributed by atoms with Crippen LogP contribution in [0.1, 0.15) is 32.6 Å². The number of nitrogens with two attached hydrogens (primary N) is 2. The summed E-state index contributed by atoms with van der Waals surface area (Å²) in [5.74, 6) is -3.19. The van der Waals surface area contributed by atoms with Crippen LogP contribution in [0.3, 0.4) is 0 Å². The minimum atomic E-state index is -1.59. The van der Waals surface area contributed by atoms with Gasteiger partial charge in [0.05, 0.1) is 18.8 Å². The summed E-state index contributed by atoms with van der Waals surface area (Å²) in [4.78, 5) is 48.4. The number of aliphatic hydroxyl groups is 2. The van der Waals surface area contributed by atoms with Crippen LogP contribution in [0.25, 0.3) is 0 Å². The van der Waals surface area contributed by atoms with Crippen molar-refractivity contribution in [2.75, 3.05) is 25.2 Å². The van der Waals surface area contributed by atoms with Crippen molar-refractivity contribution < 1.29 is 34.5 Å². The Morgan fingerprint density at radius 2 is 1.58 bits per heavy atom. The molecule has 0 aliphatic carbocycles. The Bertz CT molecular complexity index is 594. The first kappa shape index (κ1) is 29.1. The van der Waals surface area contributed by atoms with Gasteiger partial charge in [-0.3, -0.25) is 14.4 Å². The number of carboxylic acids is 1. The quantitative estimate of drug-likeness (QED) is 0.109. The highest BCUT2D eigenvalue weighted by Crippen LogP contribution is 2.05. The molecule has 0 bridgehead atoms. The van der Waals surface area contributed by atoms with E-state index in [-0.39, 0.29) is 6.42 Å². The van der Waals surface area contributed by atoms with Gasteiger partial charge < -0.3 is 42.7 Å². The third-order valence-electron chi connectivity index (χ3n) is 4.41. The highest BCUT2D eigenvalue weighted by atomic mass is 32.2. The SMILES string of the molecule is CSCCC(NC(=O)C(N)CCCCN)C(=O)NC(C(=O)NC(CO)C(=O)O)C(C)O. The molecular weight excluding hydrogens is 430 g/mol. The molecule has 0 radical (unpaired) electrons. The maximum absolute atomic E-state index is 12.7. The Balaban J connectivity index is 5.20. The number of rotatable bonds is 16. The smallest absolute Gasteiger partial charge is 0.328 e. The normalized spacial score (nSPS) is 15.8. The summed E-state index contributed by atoms with van der Waals surface area (Å²) in [6, 6.07) is -4.92. The van der Waals surface area contributed by atoms with E-state index in [1.807, 2.05) is 11.6 Å². The summed E-state index contributed by atoms with van der Waals surface area (Å²) in [5, 5.41) is 34.8. The zero-order valence-corrected chi connectivity index (χ0v) is 18.7. The first-order valence-corrected chi connectivity index (χ1v) is 11.4. The summed E-state index contributed by atoms with van der Waals surface area (Å²) < 4.78 is 0. The molecule has 0 spiro atoms. The van der Waals surface area contributed by atoms with Crippen molar-refractivity contribution in [2.45, 2.75) is 62.9 Å². The highest BCUT2D eigenvalue weighted by molar-refractivity contribution is 7.98. The molecule has 5 atom stereocenters. The number of carbonyl (C=O) groups is 4. The standard InChI is InChI=1S/C18H35N5O7S/c1-10(25)14(17(28)22-13(9-24)18(29)30)23-16(27)12(6-8-31-2)21-15(26)11(20)5-3-4-7-19/h10-14,24-25H,3-9,19-20H2,1-2H3,(H,21,26)(H,22,28)(H,23,27)(H,29,30). The average molecular weight is 466 g/mol. The molecule has 0 aliphatic heterocycles. The average Bonchev–Trinajstić information content (AvgIpc) is 2.72. The van der Waals surface area contributed by atoms with Gasteiger partial charge in [0.25, 0.3) is 0 Å². The van der Waals surface area contributed by atoms with Gasteiger partial charge in [-0.05, 0) is 44.7 Å². The van der Waals surface area contributed by atoms with Gasteiger partial charge in [-0.2, -0.15) is 11.8 Å². The molecule has 180 valence electrons. The molecule has 10 N–H and O–H groups in total. The summed E-state index contributed by atoms with van der Waals surface area (Å²) in [7, 11) is 0. The third-order valence-corrected chi connectivity index (χ3v) is 5.05. The van der Waals surface area contributed by atoms with E-state index in [1.54, 1.807) is 0 Å². The van der Waals surface area contributed by atoms with Crippen molar-refractivity contribution in [1.82, 2.24) is 16.0 Å². The van der Waals surface area contributed by atoms with Crippen LogP contribution in [-0.4, -0.2) is 94.4 Å². The summed E-state index contributed by atoms with van der Waals surface area (Å²) in [6.45, 7) is 0.854. The van der Waals surface area contributed by atoms with Crippen molar-refractivity contribution >= 4 is 35.5 Å². The van der Waals surface area contributed by atoms with Crippen molar-refractivity contribution in [3.63, 3.8) is 0 Å². The summed E-state index contributed by atoms with van der Waals surface area (Å²) >= 11 is 1.45. The number of hydrogen-bond acceptors (Lipinski definition) is 9. The minimum Gasteiger partial charge on any atom is -0.480 e. The maximum Gasteiger partial charge on any atom is 0.328 e. The molecule has 12 nitrogen and oxygen atoms in total. The van der Waals surface area contributed by atoms with Crippen LogP contribution >= 0.6 is 11.8 Å². The fraction of sp³-hybridized carbons (Fsp3) is 0.778. The molecule has 0 aliphatic rings. The van der Waals surface area contributed by atoms with Gasteiger partial charge >= 0.3 is 5.97 Å². The van der Waals surface area contributed by atoms with Gasteiger partial charge in [0.2, 0.25) is 17.7 Å². The van der Waals surface area contributed by atoms with Crippen LogP contribution < -0.4 is 27.4 Å². The Labute approximate surface area is 185 Å². The van der Waals surface area contributed by atoms with E-state index >= 15 is 0 Å². The Morgan fingerprint density at radius 1 is 0.968 bits per heavy atom. The number of carboxylic acid groups (broad SMARTS) is 1. The number of aliphatic hydroxyl groups excluding tert-OH is 2. The molecule has 0 aromatic rings. The third kappa shape index (κ3) is 11.3. The molecular formula is C18H35N5O7S. The number of carbonyl (C=O) groups excluding carboxylic acids is 3. The van der Waals surface area contributed by atoms with Gasteiger partial charge in [-0.25, -0.2) is 4.79 Å². The van der Waals surface area contributed by atoms with Crippen LogP contribution in [0, 0.1) is 0 Å². The number of unbranched alkanes of at least 4 members (excludes halogenated alkanes) is 1. The zero-order valence-electron chi connectivity index (χ0n) is 17.9. The van der Waals surface area contributed by atoms with E-state index < -0.39 is 60.6 Å². The molecule has 13 heteroatoms. The lowest BCUT2D eigenvalue weighted by Crippen LogP contribution is -2.60. The van der Waals surface area contributed by atoms with Crippen molar-refractivity contribution in [1.29, 1.82) is 0 Å². The lowest BCUT2D eigenvalue weighted by atomic mass is 10.1. The second kappa shape index (κ2) is 15.8. The van der Waals surface area contributed by atoms with Gasteiger partial charge in [0, 0.05) is 0 Å². The molecule has 0 aromatic carbocycles. The van der Waals surface area contributed by atoms with Crippen molar-refractivity contribution in [3.05, 3.63) is 0 Å². The lowest BCUT2D eigenvalue weighted by Gasteiger charge is -2.26. The molecule has 3 amide bonds. The van der Waals surface area contributed by atoms with Gasteiger partial charge in [0.1, 0.15) is 18.1 Å². The number of amides is 3. The van der Waals surface area contributed by atoms with Crippen LogP contribution in [0.4, 0.5) is 0 Å². The molecule has 0 aromatic heterocycles. The Hall–Kier alpha value is -1.93. The first-order chi connectivity index (χ1) is 14.6. The van der Waals surface area contributed by atoms with Gasteiger partial charge in [-0.1, -0.05) is 6.42 Å². The van der Waals surface area contributed by atoms with Crippen LogP contribution in [-0.2, 0) is 19.2 Å². The topological polar surface area (TPSA) is 217 Å². The summed E-state index contributed by atoms with van der Waals surface area (Å²) in [6.07, 6.45) is 2.48. The van der Waals surface area contributed by atoms with Gasteiger partial charge in [0.15, 0.2) is 0 Å². The van der Waals surface area contributed by atoms with Crippen molar-refractivity contribution in [2.24, 2.45) is 11.5 Å². The van der Waals surface area contributed by atoms with Crippen LogP contribution in [0.5, 0.6) is 0 Å². The van der Waals surface area contributed by atoms with E-state index in [0.717, 1.165) is 0 Å². The monoisotopic (exact) mass is 465 g/mol. The predicted molar refractivity (Wildman–Crippen MR) is 116 cm³/mol. The van der Waals surface area contributed by atoms with Crippen molar-refractivity contribution in [3.8, 4) is 0 Å².